The molecule has 2 unspecified atom stereocenters. The van der Waals surface area contributed by atoms with Gasteiger partial charge in [0.25, 0.3) is 0 Å². The molecule has 1 aromatic rings. The third-order valence-corrected chi connectivity index (χ3v) is 7.01. The number of rotatable bonds is 3. The highest BCUT2D eigenvalue weighted by Crippen LogP contribution is 2.55. The second kappa shape index (κ2) is 7.43. The van der Waals surface area contributed by atoms with E-state index in [9.17, 15) is 14.4 Å². The zero-order chi connectivity index (χ0) is 23.7. The minimum absolute atomic E-state index is 0.189. The predicted octanol–water partition coefficient (Wildman–Crippen LogP) is 3.00. The first-order valence-electron chi connectivity index (χ1n) is 11.2. The summed E-state index contributed by atoms with van der Waals surface area (Å²) in [5.74, 6) is -0.854. The number of epoxide rings is 2. The molecular formula is C24H28O9. The Balaban J connectivity index is 1.63. The second-order valence-electron chi connectivity index (χ2n) is 9.85. The Hall–Kier alpha value is -2.65. The maximum absolute atomic E-state index is 12.8. The van der Waals surface area contributed by atoms with Gasteiger partial charge in [-0.2, -0.15) is 0 Å². The molecule has 5 rings (SSSR count). The van der Waals surface area contributed by atoms with Crippen molar-refractivity contribution >= 4 is 17.9 Å². The molecule has 4 aliphatic heterocycles. The summed E-state index contributed by atoms with van der Waals surface area (Å²) in [5.41, 5.74) is -0.128. The number of carbonyl (C=O) groups excluding carboxylic acids is 3. The summed E-state index contributed by atoms with van der Waals surface area (Å²) in [4.78, 5) is 36.9. The number of hydrogen-bond acceptors (Lipinski definition) is 9. The molecule has 178 valence electrons. The van der Waals surface area contributed by atoms with Crippen LogP contribution in [-0.4, -0.2) is 47.9 Å². The van der Waals surface area contributed by atoms with Crippen molar-refractivity contribution in [1.29, 1.82) is 0 Å². The van der Waals surface area contributed by atoms with Crippen molar-refractivity contribution in [3.8, 4) is 0 Å². The van der Waals surface area contributed by atoms with E-state index in [1.54, 1.807) is 6.08 Å². The van der Waals surface area contributed by atoms with Crippen LogP contribution >= 0.6 is 0 Å². The fraction of sp³-hybridized carbons (Fsp3) is 0.625. The molecule has 0 amide bonds. The maximum Gasteiger partial charge on any atom is 0.338 e. The van der Waals surface area contributed by atoms with E-state index in [1.807, 2.05) is 26.8 Å². The van der Waals surface area contributed by atoms with Crippen LogP contribution in [0.15, 0.2) is 22.1 Å². The molecule has 9 nitrogen and oxygen atoms in total. The summed E-state index contributed by atoms with van der Waals surface area (Å²) in [6, 6.07) is 1.89. The third-order valence-electron chi connectivity index (χ3n) is 7.01. The molecule has 7 atom stereocenters. The lowest BCUT2D eigenvalue weighted by Gasteiger charge is -2.31. The number of hydrogen-bond donors (Lipinski definition) is 0. The molecule has 1 aromatic heterocycles. The summed E-state index contributed by atoms with van der Waals surface area (Å²) in [6.07, 6.45) is -0.169. The molecular weight excluding hydrogens is 432 g/mol. The average molecular weight is 460 g/mol. The van der Waals surface area contributed by atoms with Crippen LogP contribution in [0.5, 0.6) is 0 Å². The quantitative estimate of drug-likeness (QED) is 0.381. The Morgan fingerprint density at radius 2 is 1.82 bits per heavy atom. The number of aryl methyl sites for hydroxylation is 1. The van der Waals surface area contributed by atoms with Crippen LogP contribution in [0.4, 0.5) is 0 Å². The third kappa shape index (κ3) is 3.97. The van der Waals surface area contributed by atoms with E-state index in [4.69, 9.17) is 28.1 Å². The van der Waals surface area contributed by atoms with Crippen LogP contribution in [0.1, 0.15) is 69.8 Å². The lowest BCUT2D eigenvalue weighted by molar-refractivity contribution is -0.157. The molecule has 0 saturated carbocycles. The topological polar surface area (TPSA) is 117 Å². The van der Waals surface area contributed by atoms with Gasteiger partial charge in [-0.05, 0) is 44.9 Å². The van der Waals surface area contributed by atoms with Crippen LogP contribution < -0.4 is 0 Å². The first-order valence-corrected chi connectivity index (χ1v) is 11.2. The van der Waals surface area contributed by atoms with Crippen LogP contribution in [-0.2, 0) is 38.1 Å². The van der Waals surface area contributed by atoms with E-state index in [1.165, 1.54) is 13.8 Å². The largest absolute Gasteiger partial charge is 0.459 e. The van der Waals surface area contributed by atoms with Gasteiger partial charge in [0.2, 0.25) is 0 Å². The SMILES string of the molecule is CC(=O)O[C@H]1CC(C2(C)CO2)[C@@H](OC(C)=O)c2oc(cc2C)[C@@H]2O[C@]2(C)C[C@@H]2C=C1C(=O)O2. The Bertz CT molecular complexity index is 1050. The fourth-order valence-corrected chi connectivity index (χ4v) is 5.12. The molecule has 0 N–H and O–H groups in total. The zero-order valence-electron chi connectivity index (χ0n) is 19.3. The first-order chi connectivity index (χ1) is 15.5. The van der Waals surface area contributed by atoms with Crippen molar-refractivity contribution in [1.82, 2.24) is 0 Å². The number of carbonyl (C=O) groups is 3. The van der Waals surface area contributed by atoms with Gasteiger partial charge in [0.15, 0.2) is 6.10 Å². The molecule has 0 aromatic carbocycles. The maximum atomic E-state index is 12.8. The van der Waals surface area contributed by atoms with E-state index in [0.717, 1.165) is 5.56 Å². The zero-order valence-corrected chi connectivity index (χ0v) is 19.3. The Labute approximate surface area is 191 Å². The van der Waals surface area contributed by atoms with Crippen molar-refractivity contribution < 1.29 is 42.5 Å². The van der Waals surface area contributed by atoms with E-state index < -0.39 is 53.3 Å². The molecule has 4 aliphatic rings. The lowest BCUT2D eigenvalue weighted by Crippen LogP contribution is -2.36. The van der Waals surface area contributed by atoms with Crippen molar-refractivity contribution in [3.05, 3.63) is 34.8 Å². The van der Waals surface area contributed by atoms with Gasteiger partial charge in [-0.1, -0.05) is 0 Å². The summed E-state index contributed by atoms with van der Waals surface area (Å²) in [6.45, 7) is 8.79. The molecule has 2 fully saturated rings. The second-order valence-corrected chi connectivity index (χ2v) is 9.85. The monoisotopic (exact) mass is 460 g/mol. The molecule has 0 radical (unpaired) electrons. The molecule has 33 heavy (non-hydrogen) atoms. The molecule has 5 heterocycles. The average Bonchev–Trinajstić information content (AvgIpc) is 3.50. The van der Waals surface area contributed by atoms with E-state index in [-0.39, 0.29) is 18.1 Å². The molecule has 0 spiro atoms. The van der Waals surface area contributed by atoms with Gasteiger partial charge < -0.3 is 28.1 Å². The number of esters is 3. The molecule has 9 heteroatoms. The van der Waals surface area contributed by atoms with Crippen LogP contribution in [0, 0.1) is 12.8 Å². The number of ether oxygens (including phenoxy) is 5. The fourth-order valence-electron chi connectivity index (χ4n) is 5.12. The van der Waals surface area contributed by atoms with Crippen LogP contribution in [0.2, 0.25) is 0 Å². The summed E-state index contributed by atoms with van der Waals surface area (Å²) < 4.78 is 34.9. The molecule has 2 saturated heterocycles. The Kier molecular flexibility index (Phi) is 4.99. The van der Waals surface area contributed by atoms with Gasteiger partial charge in [-0.3, -0.25) is 9.59 Å². The predicted molar refractivity (Wildman–Crippen MR) is 111 cm³/mol. The lowest BCUT2D eigenvalue weighted by atomic mass is 9.81. The van der Waals surface area contributed by atoms with Crippen LogP contribution in [0.3, 0.4) is 0 Å². The number of fused-ring (bicyclic) bond motifs is 5. The highest BCUT2D eigenvalue weighted by Gasteiger charge is 2.59. The minimum atomic E-state index is -0.886. The van der Waals surface area contributed by atoms with Crippen LogP contribution in [0.25, 0.3) is 0 Å². The van der Waals surface area contributed by atoms with E-state index in [0.29, 0.717) is 24.5 Å². The Morgan fingerprint density at radius 1 is 1.12 bits per heavy atom. The van der Waals surface area contributed by atoms with Gasteiger partial charge >= 0.3 is 17.9 Å². The summed E-state index contributed by atoms with van der Waals surface area (Å²) >= 11 is 0. The van der Waals surface area contributed by atoms with Crippen molar-refractivity contribution in [2.75, 3.05) is 6.61 Å². The highest BCUT2D eigenvalue weighted by molar-refractivity contribution is 5.92. The number of furan rings is 1. The standard InChI is InChI=1S/C24H28O9/c1-11-6-18-21-23(4,33-21)9-14-7-15(22(27)31-14)17(29-12(2)25)8-16(24(5)10-28-24)20(19(11)32-18)30-13(3)26/h6-7,14,16-17,20-21H,8-10H2,1-5H3/t14-,16?,17-,20+,21-,23+,24?/m0/s1. The Morgan fingerprint density at radius 3 is 2.45 bits per heavy atom. The summed E-state index contributed by atoms with van der Waals surface area (Å²) in [7, 11) is 0. The molecule has 0 aliphatic carbocycles. The van der Waals surface area contributed by atoms with Gasteiger partial charge in [-0.15, -0.1) is 0 Å². The van der Waals surface area contributed by atoms with Crippen molar-refractivity contribution in [2.24, 2.45) is 5.92 Å². The van der Waals surface area contributed by atoms with Crippen molar-refractivity contribution in [2.45, 2.75) is 83.1 Å². The highest BCUT2D eigenvalue weighted by atomic mass is 16.6. The van der Waals surface area contributed by atoms with Crippen molar-refractivity contribution in [3.63, 3.8) is 0 Å². The van der Waals surface area contributed by atoms with Gasteiger partial charge in [0, 0.05) is 26.2 Å². The molecule has 4 bridgehead atoms. The first kappa shape index (κ1) is 22.2. The van der Waals surface area contributed by atoms with Gasteiger partial charge in [0.1, 0.15) is 35.4 Å². The summed E-state index contributed by atoms with van der Waals surface area (Å²) in [5, 5.41) is 0. The van der Waals surface area contributed by atoms with Gasteiger partial charge in [-0.25, -0.2) is 4.79 Å². The minimum Gasteiger partial charge on any atom is -0.459 e. The van der Waals surface area contributed by atoms with E-state index >= 15 is 0 Å². The van der Waals surface area contributed by atoms with Gasteiger partial charge in [0.05, 0.1) is 17.8 Å². The smallest absolute Gasteiger partial charge is 0.338 e. The normalized spacial score (nSPS) is 39.1. The van der Waals surface area contributed by atoms with E-state index in [2.05, 4.69) is 0 Å².